The van der Waals surface area contributed by atoms with E-state index in [4.69, 9.17) is 0 Å². The summed E-state index contributed by atoms with van der Waals surface area (Å²) in [5.74, 6) is 1.39. The largest absolute Gasteiger partial charge is 0.355 e. The molecule has 1 N–H and O–H groups in total. The first-order valence-corrected chi connectivity index (χ1v) is 9.64. The molecule has 0 bridgehead atoms. The van der Waals surface area contributed by atoms with Gasteiger partial charge in [-0.05, 0) is 31.8 Å². The van der Waals surface area contributed by atoms with Crippen LogP contribution < -0.4 is 5.32 Å². The zero-order chi connectivity index (χ0) is 18.4. The summed E-state index contributed by atoms with van der Waals surface area (Å²) in [6.45, 7) is 10.8. The summed E-state index contributed by atoms with van der Waals surface area (Å²) >= 11 is 0. The summed E-state index contributed by atoms with van der Waals surface area (Å²) in [5.41, 5.74) is 2.45. The summed E-state index contributed by atoms with van der Waals surface area (Å²) < 4.78 is 1.91. The number of likely N-dealkylation sites (N-methyl/N-ethyl adjacent to an activating group) is 1. The topological polar surface area (TPSA) is 48.7 Å². The highest BCUT2D eigenvalue weighted by molar-refractivity contribution is 5.79. The van der Waals surface area contributed by atoms with Gasteiger partial charge in [0.05, 0.1) is 5.69 Å². The van der Waals surface area contributed by atoms with Gasteiger partial charge in [-0.25, -0.2) is 0 Å². The molecule has 6 heteroatoms. The number of piperidine rings is 1. The van der Waals surface area contributed by atoms with E-state index >= 15 is 0 Å². The van der Waals surface area contributed by atoms with Gasteiger partial charge in [0.15, 0.2) is 5.96 Å². The third-order valence-corrected chi connectivity index (χ3v) is 5.12. The van der Waals surface area contributed by atoms with Crippen molar-refractivity contribution < 1.29 is 0 Å². The number of guanidine groups is 1. The number of hydrogen-bond acceptors (Lipinski definition) is 3. The number of likely N-dealkylation sites (tertiary alicyclic amines) is 1. The molecule has 1 aliphatic rings. The lowest BCUT2D eigenvalue weighted by Gasteiger charge is -2.35. The van der Waals surface area contributed by atoms with Crippen molar-refractivity contribution in [3.05, 3.63) is 17.5 Å². The van der Waals surface area contributed by atoms with E-state index in [1.807, 2.05) is 18.8 Å². The minimum absolute atomic E-state index is 0.430. The van der Waals surface area contributed by atoms with Crippen LogP contribution in [-0.4, -0.2) is 65.3 Å². The molecule has 1 aromatic heterocycles. The predicted molar refractivity (Wildman–Crippen MR) is 105 cm³/mol. The quantitative estimate of drug-likeness (QED) is 0.634. The van der Waals surface area contributed by atoms with Crippen LogP contribution in [0, 0.1) is 0 Å². The maximum Gasteiger partial charge on any atom is 0.193 e. The Morgan fingerprint density at radius 2 is 2.20 bits per heavy atom. The molecular formula is C19H36N6. The zero-order valence-corrected chi connectivity index (χ0v) is 16.9. The average molecular weight is 349 g/mol. The summed E-state index contributed by atoms with van der Waals surface area (Å²) in [5, 5.41) is 8.20. The third kappa shape index (κ3) is 5.21. The summed E-state index contributed by atoms with van der Waals surface area (Å²) in [6, 6.07) is 0.619. The van der Waals surface area contributed by atoms with Crippen LogP contribution in [0.5, 0.6) is 0 Å². The molecule has 6 nitrogen and oxygen atoms in total. The fraction of sp³-hybridized carbons (Fsp3) is 0.789. The number of nitrogens with zero attached hydrogens (tertiary/aromatic N) is 5. The zero-order valence-electron chi connectivity index (χ0n) is 16.9. The van der Waals surface area contributed by atoms with E-state index in [0.29, 0.717) is 12.0 Å². The van der Waals surface area contributed by atoms with Gasteiger partial charge in [0.2, 0.25) is 0 Å². The molecule has 1 aliphatic heterocycles. The smallest absolute Gasteiger partial charge is 0.193 e. The number of nitrogens with one attached hydrogen (secondary N) is 1. The first-order valence-electron chi connectivity index (χ1n) is 9.64. The van der Waals surface area contributed by atoms with Crippen LogP contribution in [0.1, 0.15) is 57.2 Å². The van der Waals surface area contributed by atoms with E-state index in [9.17, 15) is 0 Å². The Balaban J connectivity index is 1.96. The Morgan fingerprint density at radius 3 is 2.84 bits per heavy atom. The van der Waals surface area contributed by atoms with Gasteiger partial charge in [0.25, 0.3) is 0 Å². The number of aryl methyl sites for hydroxylation is 1. The molecule has 0 aliphatic carbocycles. The van der Waals surface area contributed by atoms with Crippen LogP contribution in [-0.2, 0) is 13.6 Å². The van der Waals surface area contributed by atoms with Gasteiger partial charge in [-0.15, -0.1) is 0 Å². The minimum atomic E-state index is 0.430. The maximum atomic E-state index is 4.61. The Morgan fingerprint density at radius 1 is 1.44 bits per heavy atom. The van der Waals surface area contributed by atoms with Crippen LogP contribution in [0.4, 0.5) is 0 Å². The molecule has 0 radical (unpaired) electrons. The van der Waals surface area contributed by atoms with Gasteiger partial charge < -0.3 is 10.2 Å². The molecule has 142 valence electrons. The van der Waals surface area contributed by atoms with Crippen molar-refractivity contribution >= 4 is 5.96 Å². The number of aromatic nitrogens is 2. The molecule has 1 atom stereocenters. The fourth-order valence-electron chi connectivity index (χ4n) is 3.79. The summed E-state index contributed by atoms with van der Waals surface area (Å²) in [6.07, 6.45) is 6.07. The van der Waals surface area contributed by atoms with Crippen LogP contribution in [0.25, 0.3) is 0 Å². The standard InChI is InChI=1S/C19H36N6/c1-7-25-11-9-8-10-17(25)12-21-19(20-4)23(5)13-16-14-24(6)22-18(16)15(2)3/h14-15,17H,7-13H2,1-6H3,(H,20,21). The molecule has 0 amide bonds. The molecule has 0 spiro atoms. The van der Waals surface area contributed by atoms with Crippen LogP contribution in [0.3, 0.4) is 0 Å². The molecular weight excluding hydrogens is 312 g/mol. The predicted octanol–water partition coefficient (Wildman–Crippen LogP) is 2.43. The van der Waals surface area contributed by atoms with E-state index in [1.54, 1.807) is 0 Å². The molecule has 25 heavy (non-hydrogen) atoms. The summed E-state index contributed by atoms with van der Waals surface area (Å²) in [4.78, 5) is 9.27. The van der Waals surface area contributed by atoms with Crippen molar-refractivity contribution in [2.45, 2.75) is 58.5 Å². The lowest BCUT2D eigenvalue weighted by molar-refractivity contribution is 0.156. The Bertz CT molecular complexity index is 562. The monoisotopic (exact) mass is 348 g/mol. The molecule has 1 saturated heterocycles. The molecule has 1 fully saturated rings. The van der Waals surface area contributed by atoms with Crippen molar-refractivity contribution in [3.63, 3.8) is 0 Å². The number of hydrogen-bond donors (Lipinski definition) is 1. The second-order valence-electron chi connectivity index (χ2n) is 7.43. The van der Waals surface area contributed by atoms with Gasteiger partial charge in [0.1, 0.15) is 0 Å². The second kappa shape index (κ2) is 9.22. The highest BCUT2D eigenvalue weighted by atomic mass is 15.3. The number of rotatable bonds is 6. The molecule has 1 unspecified atom stereocenters. The van der Waals surface area contributed by atoms with Crippen LogP contribution in [0.15, 0.2) is 11.2 Å². The van der Waals surface area contributed by atoms with E-state index in [1.165, 1.54) is 37.1 Å². The molecule has 1 aromatic rings. The van der Waals surface area contributed by atoms with Gasteiger partial charge in [0, 0.05) is 52.0 Å². The van der Waals surface area contributed by atoms with Crippen LogP contribution >= 0.6 is 0 Å². The van der Waals surface area contributed by atoms with Crippen molar-refractivity contribution in [2.75, 3.05) is 33.7 Å². The van der Waals surface area contributed by atoms with Crippen molar-refractivity contribution in [1.82, 2.24) is 24.9 Å². The van der Waals surface area contributed by atoms with E-state index in [0.717, 1.165) is 25.6 Å². The molecule has 0 saturated carbocycles. The Kier molecular flexibility index (Phi) is 7.29. The van der Waals surface area contributed by atoms with E-state index in [2.05, 4.69) is 59.2 Å². The first kappa shape index (κ1) is 19.8. The Labute approximate surface area is 153 Å². The van der Waals surface area contributed by atoms with E-state index in [-0.39, 0.29) is 0 Å². The van der Waals surface area contributed by atoms with Gasteiger partial charge >= 0.3 is 0 Å². The lowest BCUT2D eigenvalue weighted by Crippen LogP contribution is -2.49. The first-order chi connectivity index (χ1) is 12.0. The highest BCUT2D eigenvalue weighted by Crippen LogP contribution is 2.19. The van der Waals surface area contributed by atoms with E-state index < -0.39 is 0 Å². The molecule has 2 heterocycles. The van der Waals surface area contributed by atoms with Crippen LogP contribution in [0.2, 0.25) is 0 Å². The third-order valence-electron chi connectivity index (χ3n) is 5.12. The second-order valence-corrected chi connectivity index (χ2v) is 7.43. The normalized spacial score (nSPS) is 19.5. The molecule has 2 rings (SSSR count). The summed E-state index contributed by atoms with van der Waals surface area (Å²) in [7, 11) is 5.96. The number of aliphatic imine (C=N–C) groups is 1. The lowest BCUT2D eigenvalue weighted by atomic mass is 10.0. The fourth-order valence-corrected chi connectivity index (χ4v) is 3.79. The average Bonchev–Trinajstić information content (AvgIpc) is 2.96. The van der Waals surface area contributed by atoms with Gasteiger partial charge in [-0.2, -0.15) is 5.10 Å². The van der Waals surface area contributed by atoms with Crippen molar-refractivity contribution in [2.24, 2.45) is 12.0 Å². The van der Waals surface area contributed by atoms with Crippen molar-refractivity contribution in [3.8, 4) is 0 Å². The molecule has 0 aromatic carbocycles. The van der Waals surface area contributed by atoms with Gasteiger partial charge in [-0.3, -0.25) is 14.6 Å². The minimum Gasteiger partial charge on any atom is -0.355 e. The SMILES string of the molecule is CCN1CCCCC1CNC(=NC)N(C)Cc1cn(C)nc1C(C)C. The maximum absolute atomic E-state index is 4.61. The van der Waals surface area contributed by atoms with Crippen molar-refractivity contribution in [1.29, 1.82) is 0 Å². The Hall–Kier alpha value is -1.56. The van der Waals surface area contributed by atoms with Gasteiger partial charge in [-0.1, -0.05) is 27.2 Å². The highest BCUT2D eigenvalue weighted by Gasteiger charge is 2.22.